The maximum Gasteiger partial charge on any atom is 0.337 e. The van der Waals surface area contributed by atoms with E-state index < -0.39 is 5.97 Å². The van der Waals surface area contributed by atoms with Gasteiger partial charge in [0.05, 0.1) is 12.7 Å². The van der Waals surface area contributed by atoms with E-state index in [1.807, 2.05) is 24.3 Å². The van der Waals surface area contributed by atoms with Crippen LogP contribution >= 0.6 is 0 Å². The number of ether oxygens (including phenoxy) is 1. The third kappa shape index (κ3) is 4.85. The van der Waals surface area contributed by atoms with Crippen molar-refractivity contribution in [2.24, 2.45) is 0 Å². The number of hydrogen-bond acceptors (Lipinski definition) is 3. The van der Waals surface area contributed by atoms with Gasteiger partial charge in [0.2, 0.25) is 0 Å². The summed E-state index contributed by atoms with van der Waals surface area (Å²) in [5, 5.41) is 5.45. The van der Waals surface area contributed by atoms with Gasteiger partial charge in [-0.15, -0.1) is 0 Å². The van der Waals surface area contributed by atoms with Crippen LogP contribution in [0.1, 0.15) is 29.3 Å². The molecule has 23 heavy (non-hydrogen) atoms. The van der Waals surface area contributed by atoms with Gasteiger partial charge in [0.25, 0.3) is 0 Å². The highest BCUT2D eigenvalue weighted by molar-refractivity contribution is 6.00. The Kier molecular flexibility index (Phi) is 5.74. The van der Waals surface area contributed by atoms with Crippen molar-refractivity contribution in [2.75, 3.05) is 17.7 Å². The van der Waals surface area contributed by atoms with E-state index in [1.165, 1.54) is 12.7 Å². The molecule has 2 amide bonds. The molecule has 0 saturated heterocycles. The van der Waals surface area contributed by atoms with E-state index in [2.05, 4.69) is 22.3 Å². The maximum atomic E-state index is 12.0. The molecule has 0 spiro atoms. The molecule has 0 aliphatic heterocycles. The van der Waals surface area contributed by atoms with Crippen molar-refractivity contribution in [1.82, 2.24) is 0 Å². The molecule has 5 nitrogen and oxygen atoms in total. The number of rotatable bonds is 5. The lowest BCUT2D eigenvalue weighted by Gasteiger charge is -2.09. The van der Waals surface area contributed by atoms with E-state index in [-0.39, 0.29) is 6.03 Å². The van der Waals surface area contributed by atoms with E-state index in [1.54, 1.807) is 24.3 Å². The molecule has 2 rings (SSSR count). The Morgan fingerprint density at radius 3 is 2.35 bits per heavy atom. The van der Waals surface area contributed by atoms with Crippen molar-refractivity contribution in [3.8, 4) is 0 Å². The van der Waals surface area contributed by atoms with Gasteiger partial charge >= 0.3 is 12.0 Å². The topological polar surface area (TPSA) is 67.4 Å². The summed E-state index contributed by atoms with van der Waals surface area (Å²) in [7, 11) is 1.32. The number of carbonyl (C=O) groups is 2. The molecule has 0 atom stereocenters. The van der Waals surface area contributed by atoms with Gasteiger partial charge in [0, 0.05) is 11.4 Å². The highest BCUT2D eigenvalue weighted by atomic mass is 16.5. The summed E-state index contributed by atoms with van der Waals surface area (Å²) in [4.78, 5) is 23.5. The second kappa shape index (κ2) is 7.98. The van der Waals surface area contributed by atoms with E-state index in [0.717, 1.165) is 12.8 Å². The molecule has 0 unspecified atom stereocenters. The molecule has 2 aromatic rings. The van der Waals surface area contributed by atoms with Crippen LogP contribution in [-0.2, 0) is 11.2 Å². The third-order valence-electron chi connectivity index (χ3n) is 3.29. The van der Waals surface area contributed by atoms with Gasteiger partial charge in [-0.2, -0.15) is 0 Å². The molecule has 120 valence electrons. The number of urea groups is 1. The van der Waals surface area contributed by atoms with Gasteiger partial charge in [0.1, 0.15) is 0 Å². The van der Waals surface area contributed by atoms with Gasteiger partial charge in [-0.1, -0.05) is 31.5 Å². The quantitative estimate of drug-likeness (QED) is 0.818. The van der Waals surface area contributed by atoms with E-state index >= 15 is 0 Å². The van der Waals surface area contributed by atoms with Crippen LogP contribution in [0.2, 0.25) is 0 Å². The van der Waals surface area contributed by atoms with Crippen molar-refractivity contribution in [2.45, 2.75) is 19.8 Å². The number of esters is 1. The summed E-state index contributed by atoms with van der Waals surface area (Å²) in [5.41, 5.74) is 2.86. The Hall–Kier alpha value is -2.82. The van der Waals surface area contributed by atoms with Crippen LogP contribution in [0.15, 0.2) is 48.5 Å². The highest BCUT2D eigenvalue weighted by Gasteiger charge is 2.08. The van der Waals surface area contributed by atoms with Crippen molar-refractivity contribution in [1.29, 1.82) is 0 Å². The molecule has 0 radical (unpaired) electrons. The molecule has 0 heterocycles. The van der Waals surface area contributed by atoms with Gasteiger partial charge in [-0.3, -0.25) is 0 Å². The molecule has 0 aromatic heterocycles. The largest absolute Gasteiger partial charge is 0.465 e. The fraction of sp³-hybridized carbons (Fsp3) is 0.222. The zero-order valence-electron chi connectivity index (χ0n) is 13.3. The van der Waals surface area contributed by atoms with Crippen LogP contribution < -0.4 is 10.6 Å². The van der Waals surface area contributed by atoms with Crippen molar-refractivity contribution < 1.29 is 14.3 Å². The van der Waals surface area contributed by atoms with Gasteiger partial charge in [0.15, 0.2) is 0 Å². The summed E-state index contributed by atoms with van der Waals surface area (Å²) in [6, 6.07) is 13.9. The Labute approximate surface area is 135 Å². The number of benzene rings is 2. The molecule has 2 aromatic carbocycles. The third-order valence-corrected chi connectivity index (χ3v) is 3.29. The SMILES string of the molecule is CCCc1ccc(NC(=O)Nc2cccc(C(=O)OC)c2)cc1. The number of hydrogen-bond donors (Lipinski definition) is 2. The molecule has 0 fully saturated rings. The van der Waals surface area contributed by atoms with E-state index in [9.17, 15) is 9.59 Å². The Morgan fingerprint density at radius 2 is 1.70 bits per heavy atom. The molecule has 0 aliphatic rings. The molecular formula is C18H20N2O3. The van der Waals surface area contributed by atoms with E-state index in [0.29, 0.717) is 16.9 Å². The monoisotopic (exact) mass is 312 g/mol. The predicted molar refractivity (Wildman–Crippen MR) is 90.9 cm³/mol. The number of methoxy groups -OCH3 is 1. The molecular weight excluding hydrogens is 292 g/mol. The Morgan fingerprint density at radius 1 is 1.00 bits per heavy atom. The maximum absolute atomic E-state index is 12.0. The minimum atomic E-state index is -0.444. The van der Waals surface area contributed by atoms with Crippen LogP contribution in [0.4, 0.5) is 16.2 Å². The minimum Gasteiger partial charge on any atom is -0.465 e. The first-order valence-electron chi connectivity index (χ1n) is 7.47. The lowest BCUT2D eigenvalue weighted by molar-refractivity contribution is 0.0600. The Bertz CT molecular complexity index is 681. The van der Waals surface area contributed by atoms with Crippen LogP contribution in [0.5, 0.6) is 0 Å². The van der Waals surface area contributed by atoms with Gasteiger partial charge in [-0.05, 0) is 42.3 Å². The van der Waals surface area contributed by atoms with Crippen LogP contribution in [0.25, 0.3) is 0 Å². The molecule has 0 saturated carbocycles. The average Bonchev–Trinajstić information content (AvgIpc) is 2.56. The Balaban J connectivity index is 1.98. The second-order valence-corrected chi connectivity index (χ2v) is 5.10. The predicted octanol–water partition coefficient (Wildman–Crippen LogP) is 4.07. The minimum absolute atomic E-state index is 0.366. The van der Waals surface area contributed by atoms with Crippen LogP contribution in [-0.4, -0.2) is 19.1 Å². The number of anilines is 2. The summed E-state index contributed by atoms with van der Waals surface area (Å²) < 4.78 is 4.66. The highest BCUT2D eigenvalue weighted by Crippen LogP contribution is 2.14. The summed E-state index contributed by atoms with van der Waals surface area (Å²) in [6.07, 6.45) is 2.11. The number of carbonyl (C=O) groups excluding carboxylic acids is 2. The van der Waals surface area contributed by atoms with Gasteiger partial charge in [-0.25, -0.2) is 9.59 Å². The number of amides is 2. The van der Waals surface area contributed by atoms with Crippen LogP contribution in [0.3, 0.4) is 0 Å². The average molecular weight is 312 g/mol. The molecule has 2 N–H and O–H groups in total. The molecule has 0 aliphatic carbocycles. The zero-order chi connectivity index (χ0) is 16.7. The normalized spacial score (nSPS) is 10.0. The first kappa shape index (κ1) is 16.5. The van der Waals surface area contributed by atoms with Crippen molar-refractivity contribution in [3.05, 3.63) is 59.7 Å². The fourth-order valence-corrected chi connectivity index (χ4v) is 2.18. The number of aryl methyl sites for hydroxylation is 1. The van der Waals surface area contributed by atoms with Crippen molar-refractivity contribution >= 4 is 23.4 Å². The standard InChI is InChI=1S/C18H20N2O3/c1-3-5-13-8-10-15(11-9-13)19-18(22)20-16-7-4-6-14(12-16)17(21)23-2/h4,6-12H,3,5H2,1-2H3,(H2,19,20,22). The van der Waals surface area contributed by atoms with Crippen molar-refractivity contribution in [3.63, 3.8) is 0 Å². The summed E-state index contributed by atoms with van der Waals surface area (Å²) in [5.74, 6) is -0.444. The first-order valence-corrected chi connectivity index (χ1v) is 7.47. The van der Waals surface area contributed by atoms with Gasteiger partial charge < -0.3 is 15.4 Å². The zero-order valence-corrected chi connectivity index (χ0v) is 13.3. The number of nitrogens with one attached hydrogen (secondary N) is 2. The smallest absolute Gasteiger partial charge is 0.337 e. The summed E-state index contributed by atoms with van der Waals surface area (Å²) in [6.45, 7) is 2.13. The van der Waals surface area contributed by atoms with E-state index in [4.69, 9.17) is 0 Å². The fourth-order valence-electron chi connectivity index (χ4n) is 2.18. The molecule has 5 heteroatoms. The van der Waals surface area contributed by atoms with Crippen LogP contribution in [0, 0.1) is 0 Å². The second-order valence-electron chi connectivity index (χ2n) is 5.10. The first-order chi connectivity index (χ1) is 11.1. The lowest BCUT2D eigenvalue weighted by Crippen LogP contribution is -2.19. The lowest BCUT2D eigenvalue weighted by atomic mass is 10.1. The summed E-state index contributed by atoms with van der Waals surface area (Å²) >= 11 is 0. The molecule has 0 bridgehead atoms.